The zero-order chi connectivity index (χ0) is 15.3. The molecule has 110 valence electrons. The van der Waals surface area contributed by atoms with Crippen LogP contribution in [0.3, 0.4) is 0 Å². The smallest absolute Gasteiger partial charge is 0.305 e. The second-order valence-corrected chi connectivity index (χ2v) is 5.07. The van der Waals surface area contributed by atoms with Gasteiger partial charge >= 0.3 is 5.97 Å². The molecule has 0 aliphatic rings. The van der Waals surface area contributed by atoms with Gasteiger partial charge in [-0.3, -0.25) is 14.4 Å². The zero-order valence-electron chi connectivity index (χ0n) is 11.9. The first kappa shape index (κ1) is 15.9. The number of amides is 1. The number of carbonyl (C=O) groups is 2. The number of rotatable bonds is 6. The summed E-state index contributed by atoms with van der Waals surface area (Å²) in [5.74, 6) is -1.40. The van der Waals surface area contributed by atoms with Crippen molar-refractivity contribution in [3.8, 4) is 0 Å². The molecule has 1 aromatic rings. The molecule has 1 rings (SSSR count). The monoisotopic (exact) mass is 280 g/mol. The van der Waals surface area contributed by atoms with Gasteiger partial charge in [-0.2, -0.15) is 0 Å². The van der Waals surface area contributed by atoms with Gasteiger partial charge in [0.25, 0.3) is 5.56 Å². The van der Waals surface area contributed by atoms with Crippen LogP contribution in [0.5, 0.6) is 0 Å². The van der Waals surface area contributed by atoms with Crippen molar-refractivity contribution in [2.45, 2.75) is 33.2 Å². The van der Waals surface area contributed by atoms with Crippen LogP contribution >= 0.6 is 0 Å². The van der Waals surface area contributed by atoms with E-state index < -0.39 is 12.0 Å². The van der Waals surface area contributed by atoms with Gasteiger partial charge in [-0.1, -0.05) is 13.8 Å². The molecule has 6 heteroatoms. The van der Waals surface area contributed by atoms with E-state index in [1.807, 2.05) is 20.8 Å². The van der Waals surface area contributed by atoms with Crippen molar-refractivity contribution in [2.24, 2.45) is 5.92 Å². The van der Waals surface area contributed by atoms with Crippen molar-refractivity contribution >= 4 is 11.9 Å². The van der Waals surface area contributed by atoms with Crippen molar-refractivity contribution < 1.29 is 14.7 Å². The average molecular weight is 280 g/mol. The van der Waals surface area contributed by atoms with E-state index in [-0.39, 0.29) is 30.3 Å². The Balaban J connectivity index is 2.91. The van der Waals surface area contributed by atoms with E-state index in [0.29, 0.717) is 0 Å². The topological polar surface area (TPSA) is 88.4 Å². The average Bonchev–Trinajstić information content (AvgIpc) is 2.31. The summed E-state index contributed by atoms with van der Waals surface area (Å²) in [4.78, 5) is 34.5. The summed E-state index contributed by atoms with van der Waals surface area (Å²) in [6.45, 7) is 5.54. The highest BCUT2D eigenvalue weighted by Gasteiger charge is 2.24. The van der Waals surface area contributed by atoms with Gasteiger partial charge < -0.3 is 15.0 Å². The maximum Gasteiger partial charge on any atom is 0.305 e. The molecule has 0 saturated carbocycles. The van der Waals surface area contributed by atoms with Crippen LogP contribution in [0.1, 0.15) is 31.9 Å². The molecule has 0 radical (unpaired) electrons. The van der Waals surface area contributed by atoms with Gasteiger partial charge in [0.1, 0.15) is 6.04 Å². The first-order chi connectivity index (χ1) is 9.32. The van der Waals surface area contributed by atoms with E-state index in [9.17, 15) is 14.4 Å². The number of carboxylic acid groups (broad SMARTS) is 1. The number of hydrogen-bond donors (Lipinski definition) is 2. The molecule has 0 spiro atoms. The Bertz CT molecular complexity index is 548. The van der Waals surface area contributed by atoms with Crippen molar-refractivity contribution in [3.05, 3.63) is 34.2 Å². The van der Waals surface area contributed by atoms with Crippen LogP contribution in [0, 0.1) is 12.8 Å². The van der Waals surface area contributed by atoms with Crippen LogP contribution < -0.4 is 10.9 Å². The fourth-order valence-corrected chi connectivity index (χ4v) is 1.97. The minimum Gasteiger partial charge on any atom is -0.481 e. The van der Waals surface area contributed by atoms with E-state index in [4.69, 9.17) is 5.11 Å². The maximum atomic E-state index is 12.1. The second-order valence-electron chi connectivity index (χ2n) is 5.07. The number of hydrogen-bond acceptors (Lipinski definition) is 3. The lowest BCUT2D eigenvalue weighted by atomic mass is 10.0. The standard InChI is InChI=1S/C14H20N2O4/c1-9(2)13(14(20)15-6-4-12(18)19)16-7-5-10(3)8-11(16)17/h5,7-9,13H,4,6H2,1-3H3,(H,15,20)(H,18,19). The molecule has 1 amide bonds. The quantitative estimate of drug-likeness (QED) is 0.812. The fraction of sp³-hybridized carbons (Fsp3) is 0.500. The number of pyridine rings is 1. The van der Waals surface area contributed by atoms with Crippen LogP contribution in [-0.4, -0.2) is 28.1 Å². The molecule has 1 aromatic heterocycles. The van der Waals surface area contributed by atoms with Crippen molar-refractivity contribution in [3.63, 3.8) is 0 Å². The zero-order valence-corrected chi connectivity index (χ0v) is 11.9. The fourth-order valence-electron chi connectivity index (χ4n) is 1.97. The van der Waals surface area contributed by atoms with E-state index in [1.54, 1.807) is 12.3 Å². The first-order valence-corrected chi connectivity index (χ1v) is 6.51. The molecule has 2 N–H and O–H groups in total. The number of nitrogens with zero attached hydrogens (tertiary/aromatic N) is 1. The third kappa shape index (κ3) is 4.22. The number of carboxylic acids is 1. The summed E-state index contributed by atoms with van der Waals surface area (Å²) >= 11 is 0. The Morgan fingerprint density at radius 1 is 1.40 bits per heavy atom. The van der Waals surface area contributed by atoms with Gasteiger partial charge in [0.2, 0.25) is 5.91 Å². The highest BCUT2D eigenvalue weighted by molar-refractivity contribution is 5.81. The van der Waals surface area contributed by atoms with Crippen LogP contribution in [0.25, 0.3) is 0 Å². The van der Waals surface area contributed by atoms with E-state index in [1.165, 1.54) is 10.6 Å². The molecule has 1 heterocycles. The number of aromatic nitrogens is 1. The summed E-state index contributed by atoms with van der Waals surface area (Å²) in [6, 6.07) is 2.60. The predicted molar refractivity (Wildman–Crippen MR) is 74.6 cm³/mol. The second kappa shape index (κ2) is 6.88. The van der Waals surface area contributed by atoms with Crippen LogP contribution in [0.4, 0.5) is 0 Å². The largest absolute Gasteiger partial charge is 0.481 e. The van der Waals surface area contributed by atoms with Crippen molar-refractivity contribution in [1.82, 2.24) is 9.88 Å². The molecule has 0 aromatic carbocycles. The molecule has 1 atom stereocenters. The number of nitrogens with one attached hydrogen (secondary N) is 1. The summed E-state index contributed by atoms with van der Waals surface area (Å²) in [5.41, 5.74) is 0.595. The Morgan fingerprint density at radius 2 is 2.05 bits per heavy atom. The van der Waals surface area contributed by atoms with Gasteiger partial charge in [0.15, 0.2) is 0 Å². The first-order valence-electron chi connectivity index (χ1n) is 6.51. The molecule has 0 aliphatic heterocycles. The molecule has 0 saturated heterocycles. The Labute approximate surface area is 117 Å². The summed E-state index contributed by atoms with van der Waals surface area (Å²) < 4.78 is 1.38. The van der Waals surface area contributed by atoms with Crippen LogP contribution in [-0.2, 0) is 9.59 Å². The lowest BCUT2D eigenvalue weighted by molar-refractivity contribution is -0.137. The third-order valence-corrected chi connectivity index (χ3v) is 2.94. The lowest BCUT2D eigenvalue weighted by Gasteiger charge is -2.22. The predicted octanol–water partition coefficient (Wildman–Crippen LogP) is 0.945. The normalized spacial score (nSPS) is 12.2. The molecule has 6 nitrogen and oxygen atoms in total. The Kier molecular flexibility index (Phi) is 5.49. The van der Waals surface area contributed by atoms with Gasteiger partial charge in [0.05, 0.1) is 6.42 Å². The number of carbonyl (C=O) groups excluding carboxylic acids is 1. The van der Waals surface area contributed by atoms with Gasteiger partial charge in [0, 0.05) is 18.8 Å². The summed E-state index contributed by atoms with van der Waals surface area (Å²) in [6.07, 6.45) is 1.46. The van der Waals surface area contributed by atoms with Gasteiger partial charge in [-0.25, -0.2) is 0 Å². The third-order valence-electron chi connectivity index (χ3n) is 2.94. The summed E-state index contributed by atoms with van der Waals surface area (Å²) in [5, 5.41) is 11.1. The highest BCUT2D eigenvalue weighted by atomic mass is 16.4. The van der Waals surface area contributed by atoms with Crippen LogP contribution in [0.15, 0.2) is 23.1 Å². The van der Waals surface area contributed by atoms with Gasteiger partial charge in [-0.15, -0.1) is 0 Å². The Morgan fingerprint density at radius 3 is 2.55 bits per heavy atom. The molecule has 20 heavy (non-hydrogen) atoms. The van der Waals surface area contributed by atoms with Crippen molar-refractivity contribution in [2.75, 3.05) is 6.54 Å². The maximum absolute atomic E-state index is 12.1. The lowest BCUT2D eigenvalue weighted by Crippen LogP contribution is -2.40. The highest BCUT2D eigenvalue weighted by Crippen LogP contribution is 2.16. The molecular formula is C14H20N2O4. The SMILES string of the molecule is Cc1ccn(C(C(=O)NCCC(=O)O)C(C)C)c(=O)c1. The number of aryl methyl sites for hydroxylation is 1. The van der Waals surface area contributed by atoms with Crippen molar-refractivity contribution in [1.29, 1.82) is 0 Å². The van der Waals surface area contributed by atoms with E-state index >= 15 is 0 Å². The molecule has 0 fully saturated rings. The summed E-state index contributed by atoms with van der Waals surface area (Å²) in [7, 11) is 0. The van der Waals surface area contributed by atoms with E-state index in [0.717, 1.165) is 5.56 Å². The minimum atomic E-state index is -0.973. The van der Waals surface area contributed by atoms with Crippen LogP contribution in [0.2, 0.25) is 0 Å². The number of aliphatic carboxylic acids is 1. The Hall–Kier alpha value is -2.11. The molecule has 1 unspecified atom stereocenters. The van der Waals surface area contributed by atoms with Gasteiger partial charge in [-0.05, 0) is 24.5 Å². The minimum absolute atomic E-state index is 0.0536. The van der Waals surface area contributed by atoms with E-state index in [2.05, 4.69) is 5.32 Å². The molecule has 0 bridgehead atoms. The molecule has 0 aliphatic carbocycles. The molecular weight excluding hydrogens is 260 g/mol.